The third kappa shape index (κ3) is 4.90. The Morgan fingerprint density at radius 3 is 2.63 bits per heavy atom. The summed E-state index contributed by atoms with van der Waals surface area (Å²) in [6, 6.07) is 2.14. The summed E-state index contributed by atoms with van der Waals surface area (Å²) in [5.41, 5.74) is -1.25. The molecule has 0 bridgehead atoms. The molecular weight excluding hydrogens is 430 g/mol. The van der Waals surface area contributed by atoms with E-state index in [2.05, 4.69) is 20.6 Å². The lowest BCUT2D eigenvalue weighted by atomic mass is 10.1. The zero-order chi connectivity index (χ0) is 21.9. The van der Waals surface area contributed by atoms with Gasteiger partial charge in [0.05, 0.1) is 29.5 Å². The van der Waals surface area contributed by atoms with Crippen molar-refractivity contribution in [2.45, 2.75) is 13.1 Å². The number of nitrogens with zero attached hydrogens (tertiary/aromatic N) is 3. The van der Waals surface area contributed by atoms with Gasteiger partial charge in [-0.05, 0) is 19.1 Å². The minimum atomic E-state index is -4.65. The first-order valence-corrected chi connectivity index (χ1v) is 9.39. The summed E-state index contributed by atoms with van der Waals surface area (Å²) in [5.74, 6) is -1.97. The predicted octanol–water partition coefficient (Wildman–Crippen LogP) is 3.94. The molecule has 1 aromatic heterocycles. The molecule has 12 heteroatoms. The van der Waals surface area contributed by atoms with Crippen molar-refractivity contribution < 1.29 is 27.1 Å². The van der Waals surface area contributed by atoms with Gasteiger partial charge in [-0.25, -0.2) is 9.37 Å². The molecule has 2 heterocycles. The van der Waals surface area contributed by atoms with Gasteiger partial charge in [-0.3, -0.25) is 4.79 Å². The summed E-state index contributed by atoms with van der Waals surface area (Å²) >= 11 is 6.16. The molecule has 1 aromatic carbocycles. The maximum absolute atomic E-state index is 14.6. The highest BCUT2D eigenvalue weighted by Gasteiger charge is 2.35. The van der Waals surface area contributed by atoms with Crippen LogP contribution in [0.1, 0.15) is 22.8 Å². The fourth-order valence-electron chi connectivity index (χ4n) is 2.82. The summed E-state index contributed by atoms with van der Waals surface area (Å²) in [4.78, 5) is 21.4. The fourth-order valence-corrected chi connectivity index (χ4v) is 3.06. The number of anilines is 3. The molecule has 0 spiro atoms. The Balaban J connectivity index is 1.86. The minimum absolute atomic E-state index is 0.0192. The second kappa shape index (κ2) is 9.00. The number of aromatic nitrogens is 2. The number of rotatable bonds is 5. The van der Waals surface area contributed by atoms with E-state index in [1.54, 1.807) is 6.92 Å². The number of alkyl halides is 3. The lowest BCUT2D eigenvalue weighted by Crippen LogP contribution is -2.40. The second-order valence-corrected chi connectivity index (χ2v) is 6.73. The largest absolute Gasteiger partial charge is 0.421 e. The summed E-state index contributed by atoms with van der Waals surface area (Å²) in [7, 11) is 0. The zero-order valence-corrected chi connectivity index (χ0v) is 16.6. The van der Waals surface area contributed by atoms with Crippen LogP contribution < -0.4 is 10.6 Å². The van der Waals surface area contributed by atoms with Crippen molar-refractivity contribution in [3.8, 4) is 0 Å². The highest BCUT2D eigenvalue weighted by atomic mass is 35.5. The molecule has 0 saturated carbocycles. The number of carbonyl (C=O) groups is 1. The maximum Gasteiger partial charge on any atom is 0.421 e. The molecule has 0 unspecified atom stereocenters. The van der Waals surface area contributed by atoms with Crippen LogP contribution in [0.5, 0.6) is 0 Å². The minimum Gasteiger partial charge on any atom is -0.378 e. The van der Waals surface area contributed by atoms with Crippen molar-refractivity contribution in [3.05, 3.63) is 40.3 Å². The highest BCUT2D eigenvalue weighted by Crippen LogP contribution is 2.34. The van der Waals surface area contributed by atoms with Crippen molar-refractivity contribution in [2.24, 2.45) is 0 Å². The van der Waals surface area contributed by atoms with Crippen LogP contribution in [-0.2, 0) is 10.9 Å². The number of ether oxygens (including phenoxy) is 1. The topological polar surface area (TPSA) is 79.4 Å². The molecule has 0 atom stereocenters. The first-order valence-electron chi connectivity index (χ1n) is 9.02. The first kappa shape index (κ1) is 22.0. The van der Waals surface area contributed by atoms with E-state index in [-0.39, 0.29) is 28.8 Å². The van der Waals surface area contributed by atoms with Gasteiger partial charge in [-0.15, -0.1) is 0 Å². The molecule has 0 aliphatic carbocycles. The van der Waals surface area contributed by atoms with Crippen LogP contribution in [0.25, 0.3) is 0 Å². The SMILES string of the molecule is CCNc1nc(Nc2cc(Cl)c(C(=O)N3CCOCC3)cc2F)ncc1C(F)(F)F. The summed E-state index contributed by atoms with van der Waals surface area (Å²) in [5, 5.41) is 4.99. The summed E-state index contributed by atoms with van der Waals surface area (Å²) in [6.07, 6.45) is -4.05. The molecule has 162 valence electrons. The molecule has 1 saturated heterocycles. The van der Waals surface area contributed by atoms with Crippen LogP contribution in [0, 0.1) is 5.82 Å². The Kier molecular flexibility index (Phi) is 6.61. The van der Waals surface area contributed by atoms with E-state index in [9.17, 15) is 22.4 Å². The Morgan fingerprint density at radius 1 is 1.30 bits per heavy atom. The van der Waals surface area contributed by atoms with Gasteiger partial charge in [0, 0.05) is 25.8 Å². The molecule has 2 N–H and O–H groups in total. The smallest absolute Gasteiger partial charge is 0.378 e. The van der Waals surface area contributed by atoms with E-state index in [0.717, 1.165) is 6.07 Å². The van der Waals surface area contributed by atoms with Gasteiger partial charge >= 0.3 is 6.18 Å². The van der Waals surface area contributed by atoms with Gasteiger partial charge < -0.3 is 20.3 Å². The van der Waals surface area contributed by atoms with Crippen LogP contribution in [0.3, 0.4) is 0 Å². The number of carbonyl (C=O) groups excluding carboxylic acids is 1. The van der Waals surface area contributed by atoms with Crippen LogP contribution in [0.4, 0.5) is 35.0 Å². The van der Waals surface area contributed by atoms with Gasteiger partial charge in [0.25, 0.3) is 5.91 Å². The lowest BCUT2D eigenvalue weighted by Gasteiger charge is -2.27. The first-order chi connectivity index (χ1) is 14.2. The summed E-state index contributed by atoms with van der Waals surface area (Å²) < 4.78 is 59.0. The highest BCUT2D eigenvalue weighted by molar-refractivity contribution is 6.34. The van der Waals surface area contributed by atoms with Crippen molar-refractivity contribution in [3.63, 3.8) is 0 Å². The predicted molar refractivity (Wildman–Crippen MR) is 103 cm³/mol. The van der Waals surface area contributed by atoms with Crippen molar-refractivity contribution >= 4 is 35.0 Å². The van der Waals surface area contributed by atoms with Crippen molar-refractivity contribution in [2.75, 3.05) is 43.5 Å². The van der Waals surface area contributed by atoms with Gasteiger partial charge in [0.2, 0.25) is 5.95 Å². The number of amides is 1. The number of morpholine rings is 1. The number of benzene rings is 1. The Bertz CT molecular complexity index is 936. The van der Waals surface area contributed by atoms with Crippen LogP contribution in [0.15, 0.2) is 18.3 Å². The molecule has 30 heavy (non-hydrogen) atoms. The molecule has 2 aromatic rings. The molecule has 1 aliphatic heterocycles. The zero-order valence-electron chi connectivity index (χ0n) is 15.8. The van der Waals surface area contributed by atoms with Gasteiger partial charge in [-0.2, -0.15) is 18.2 Å². The van der Waals surface area contributed by atoms with Crippen LogP contribution in [-0.4, -0.2) is 53.6 Å². The Morgan fingerprint density at radius 2 is 2.00 bits per heavy atom. The molecule has 7 nitrogen and oxygen atoms in total. The summed E-state index contributed by atoms with van der Waals surface area (Å²) in [6.45, 7) is 3.29. The molecule has 1 fully saturated rings. The van der Waals surface area contributed by atoms with Gasteiger partial charge in [-0.1, -0.05) is 11.6 Å². The lowest BCUT2D eigenvalue weighted by molar-refractivity contribution is -0.137. The average Bonchev–Trinajstić information content (AvgIpc) is 2.70. The normalized spacial score (nSPS) is 14.5. The number of hydrogen-bond donors (Lipinski definition) is 2. The van der Waals surface area contributed by atoms with E-state index in [0.29, 0.717) is 32.5 Å². The fraction of sp³-hybridized carbons (Fsp3) is 0.389. The third-order valence-electron chi connectivity index (χ3n) is 4.27. The molecule has 3 rings (SSSR count). The average molecular weight is 448 g/mol. The monoisotopic (exact) mass is 447 g/mol. The van der Waals surface area contributed by atoms with Gasteiger partial charge in [0.1, 0.15) is 17.2 Å². The molecule has 0 radical (unpaired) electrons. The Hall–Kier alpha value is -2.66. The van der Waals surface area contributed by atoms with Crippen molar-refractivity contribution in [1.82, 2.24) is 14.9 Å². The number of nitrogens with one attached hydrogen (secondary N) is 2. The van der Waals surface area contributed by atoms with Gasteiger partial charge in [0.15, 0.2) is 0 Å². The van der Waals surface area contributed by atoms with E-state index >= 15 is 0 Å². The third-order valence-corrected chi connectivity index (χ3v) is 4.58. The van der Waals surface area contributed by atoms with Crippen LogP contribution >= 0.6 is 11.6 Å². The Labute approximate surface area is 174 Å². The number of hydrogen-bond acceptors (Lipinski definition) is 6. The maximum atomic E-state index is 14.6. The quantitative estimate of drug-likeness (QED) is 0.676. The second-order valence-electron chi connectivity index (χ2n) is 6.33. The van der Waals surface area contributed by atoms with E-state index in [1.165, 1.54) is 11.0 Å². The van der Waals surface area contributed by atoms with E-state index < -0.39 is 29.3 Å². The van der Waals surface area contributed by atoms with E-state index in [1.807, 2.05) is 0 Å². The van der Waals surface area contributed by atoms with Crippen molar-refractivity contribution in [1.29, 1.82) is 0 Å². The molecule has 1 aliphatic rings. The number of halogens is 5. The molecule has 1 amide bonds. The molecular formula is C18H18ClF4N5O2. The van der Waals surface area contributed by atoms with E-state index in [4.69, 9.17) is 16.3 Å². The standard InChI is InChI=1S/C18H18ClF4N5O2/c1-2-24-15-11(18(21,22)23)9-25-17(27-15)26-14-8-12(19)10(7-13(14)20)16(29)28-3-5-30-6-4-28/h7-9H,2-6H2,1H3,(H2,24,25,26,27). The van der Waals surface area contributed by atoms with Crippen LogP contribution in [0.2, 0.25) is 5.02 Å².